The Bertz CT molecular complexity index is 623. The SMILES string of the molecule is CCNC(=NCCOc1ccc(S(C)(=O)=O)cc1)NC(C)(C)C.I. The van der Waals surface area contributed by atoms with Crippen molar-refractivity contribution in [2.45, 2.75) is 38.1 Å². The first-order valence-corrected chi connectivity index (χ1v) is 9.50. The first-order valence-electron chi connectivity index (χ1n) is 7.61. The zero-order valence-electron chi connectivity index (χ0n) is 14.9. The highest BCUT2D eigenvalue weighted by Crippen LogP contribution is 2.15. The molecule has 1 rings (SSSR count). The molecule has 1 aromatic rings. The molecule has 8 heteroatoms. The first kappa shape index (κ1) is 23.0. The van der Waals surface area contributed by atoms with Gasteiger partial charge in [0.05, 0.1) is 11.4 Å². The van der Waals surface area contributed by atoms with Gasteiger partial charge in [-0.25, -0.2) is 13.4 Å². The lowest BCUT2D eigenvalue weighted by Gasteiger charge is -2.23. The second kappa shape index (κ2) is 10.1. The molecular weight excluding hydrogens is 441 g/mol. The maximum absolute atomic E-state index is 11.4. The Morgan fingerprint density at radius 2 is 1.79 bits per heavy atom. The molecule has 1 aromatic carbocycles. The summed E-state index contributed by atoms with van der Waals surface area (Å²) in [5.74, 6) is 1.37. The van der Waals surface area contributed by atoms with Crippen molar-refractivity contribution < 1.29 is 13.2 Å². The second-order valence-electron chi connectivity index (χ2n) is 6.23. The molecular formula is C16H28IN3O3S. The van der Waals surface area contributed by atoms with Crippen molar-refractivity contribution in [1.82, 2.24) is 10.6 Å². The smallest absolute Gasteiger partial charge is 0.191 e. The van der Waals surface area contributed by atoms with Gasteiger partial charge < -0.3 is 15.4 Å². The van der Waals surface area contributed by atoms with E-state index in [2.05, 4.69) is 36.4 Å². The average Bonchev–Trinajstić information content (AvgIpc) is 2.41. The zero-order valence-corrected chi connectivity index (χ0v) is 18.1. The molecule has 0 aromatic heterocycles. The van der Waals surface area contributed by atoms with E-state index in [9.17, 15) is 8.42 Å². The summed E-state index contributed by atoms with van der Waals surface area (Å²) in [7, 11) is -3.17. The molecule has 138 valence electrons. The molecule has 6 nitrogen and oxygen atoms in total. The summed E-state index contributed by atoms with van der Waals surface area (Å²) in [6, 6.07) is 6.38. The van der Waals surface area contributed by atoms with E-state index in [1.54, 1.807) is 24.3 Å². The van der Waals surface area contributed by atoms with Gasteiger partial charge in [-0.1, -0.05) is 0 Å². The summed E-state index contributed by atoms with van der Waals surface area (Å²) in [5.41, 5.74) is -0.0661. The summed E-state index contributed by atoms with van der Waals surface area (Å²) in [6.07, 6.45) is 1.18. The van der Waals surface area contributed by atoms with Crippen LogP contribution < -0.4 is 15.4 Å². The third-order valence-corrected chi connectivity index (χ3v) is 3.85. The van der Waals surface area contributed by atoms with Gasteiger partial charge in [-0.2, -0.15) is 0 Å². The minimum absolute atomic E-state index is 0. The Morgan fingerprint density at radius 3 is 2.25 bits per heavy atom. The quantitative estimate of drug-likeness (QED) is 0.290. The number of hydrogen-bond donors (Lipinski definition) is 2. The van der Waals surface area contributed by atoms with Crippen LogP contribution in [0.15, 0.2) is 34.2 Å². The van der Waals surface area contributed by atoms with Crippen LogP contribution in [0.25, 0.3) is 0 Å². The highest BCUT2D eigenvalue weighted by Gasteiger charge is 2.11. The summed E-state index contributed by atoms with van der Waals surface area (Å²) in [5, 5.41) is 6.48. The molecule has 0 aliphatic heterocycles. The molecule has 0 radical (unpaired) electrons. The number of nitrogens with zero attached hydrogens (tertiary/aromatic N) is 1. The van der Waals surface area contributed by atoms with Gasteiger partial charge in [0.25, 0.3) is 0 Å². The van der Waals surface area contributed by atoms with Crippen LogP contribution in [0.3, 0.4) is 0 Å². The predicted molar refractivity (Wildman–Crippen MR) is 109 cm³/mol. The van der Waals surface area contributed by atoms with Crippen molar-refractivity contribution in [3.05, 3.63) is 24.3 Å². The van der Waals surface area contributed by atoms with Crippen LogP contribution in [0.5, 0.6) is 5.75 Å². The first-order chi connectivity index (χ1) is 10.6. The van der Waals surface area contributed by atoms with Gasteiger partial charge in [0.15, 0.2) is 15.8 Å². The van der Waals surface area contributed by atoms with E-state index in [4.69, 9.17) is 4.74 Å². The molecule has 0 atom stereocenters. The zero-order chi connectivity index (χ0) is 17.5. The molecule has 0 aliphatic carbocycles. The van der Waals surface area contributed by atoms with Crippen molar-refractivity contribution in [1.29, 1.82) is 0 Å². The Morgan fingerprint density at radius 1 is 1.21 bits per heavy atom. The molecule has 0 unspecified atom stereocenters. The summed E-state index contributed by atoms with van der Waals surface area (Å²) >= 11 is 0. The van der Waals surface area contributed by atoms with Gasteiger partial charge >= 0.3 is 0 Å². The lowest BCUT2D eigenvalue weighted by atomic mass is 10.1. The number of rotatable bonds is 6. The lowest BCUT2D eigenvalue weighted by molar-refractivity contribution is 0.328. The van der Waals surface area contributed by atoms with E-state index in [0.29, 0.717) is 18.9 Å². The fourth-order valence-electron chi connectivity index (χ4n) is 1.77. The van der Waals surface area contributed by atoms with Crippen LogP contribution in [0.4, 0.5) is 0 Å². The molecule has 0 aliphatic rings. The van der Waals surface area contributed by atoms with E-state index < -0.39 is 9.84 Å². The Labute approximate surface area is 162 Å². The maximum Gasteiger partial charge on any atom is 0.191 e. The minimum atomic E-state index is -3.17. The predicted octanol–water partition coefficient (Wildman–Crippen LogP) is 2.44. The van der Waals surface area contributed by atoms with Gasteiger partial charge in [-0.05, 0) is 52.0 Å². The number of sulfone groups is 1. The Hall–Kier alpha value is -1.03. The number of guanidine groups is 1. The van der Waals surface area contributed by atoms with Crippen LogP contribution in [0, 0.1) is 0 Å². The molecule has 0 bridgehead atoms. The van der Waals surface area contributed by atoms with Crippen molar-refractivity contribution in [3.8, 4) is 5.75 Å². The minimum Gasteiger partial charge on any atom is -0.492 e. The van der Waals surface area contributed by atoms with Crippen molar-refractivity contribution in [2.24, 2.45) is 4.99 Å². The fraction of sp³-hybridized carbons (Fsp3) is 0.562. The molecule has 2 N–H and O–H groups in total. The molecule has 0 saturated carbocycles. The highest BCUT2D eigenvalue weighted by atomic mass is 127. The number of aliphatic imine (C=N–C) groups is 1. The number of ether oxygens (including phenoxy) is 1. The molecule has 0 amide bonds. The van der Waals surface area contributed by atoms with E-state index in [-0.39, 0.29) is 34.4 Å². The Balaban J connectivity index is 0.00000529. The second-order valence-corrected chi connectivity index (χ2v) is 8.24. The third-order valence-electron chi connectivity index (χ3n) is 2.72. The molecule has 0 fully saturated rings. The van der Waals surface area contributed by atoms with E-state index in [1.165, 1.54) is 6.26 Å². The number of hydrogen-bond acceptors (Lipinski definition) is 4. The number of nitrogens with one attached hydrogen (secondary N) is 2. The highest BCUT2D eigenvalue weighted by molar-refractivity contribution is 14.0. The average molecular weight is 469 g/mol. The van der Waals surface area contributed by atoms with Crippen LogP contribution in [0.1, 0.15) is 27.7 Å². The topological polar surface area (TPSA) is 79.8 Å². The Kier molecular flexibility index (Phi) is 9.64. The molecule has 24 heavy (non-hydrogen) atoms. The molecule has 0 heterocycles. The lowest BCUT2D eigenvalue weighted by Crippen LogP contribution is -2.47. The molecule has 0 saturated heterocycles. The normalized spacial score (nSPS) is 12.3. The maximum atomic E-state index is 11.4. The van der Waals surface area contributed by atoms with Crippen LogP contribution in [-0.4, -0.2) is 45.9 Å². The van der Waals surface area contributed by atoms with E-state index in [0.717, 1.165) is 12.5 Å². The van der Waals surface area contributed by atoms with Gasteiger partial charge in [-0.3, -0.25) is 0 Å². The van der Waals surface area contributed by atoms with Gasteiger partial charge in [0, 0.05) is 18.3 Å². The summed E-state index contributed by atoms with van der Waals surface area (Å²) in [6.45, 7) is 9.92. The largest absolute Gasteiger partial charge is 0.492 e. The van der Waals surface area contributed by atoms with E-state index in [1.807, 2.05) is 6.92 Å². The fourth-order valence-corrected chi connectivity index (χ4v) is 2.40. The van der Waals surface area contributed by atoms with Crippen LogP contribution >= 0.6 is 24.0 Å². The standard InChI is InChI=1S/C16H27N3O3S.HI/c1-6-17-15(19-16(2,3)4)18-11-12-22-13-7-9-14(10-8-13)23(5,20)21;/h7-10H,6,11-12H2,1-5H3,(H2,17,18,19);1H. The van der Waals surface area contributed by atoms with Crippen LogP contribution in [0.2, 0.25) is 0 Å². The van der Waals surface area contributed by atoms with Gasteiger partial charge in [-0.15, -0.1) is 24.0 Å². The number of benzene rings is 1. The van der Waals surface area contributed by atoms with Crippen molar-refractivity contribution in [3.63, 3.8) is 0 Å². The summed E-state index contributed by atoms with van der Waals surface area (Å²) < 4.78 is 28.3. The monoisotopic (exact) mass is 469 g/mol. The van der Waals surface area contributed by atoms with E-state index >= 15 is 0 Å². The van der Waals surface area contributed by atoms with Crippen molar-refractivity contribution >= 4 is 39.8 Å². The third kappa shape index (κ3) is 9.31. The summed E-state index contributed by atoms with van der Waals surface area (Å²) in [4.78, 5) is 4.73. The van der Waals surface area contributed by atoms with Crippen molar-refractivity contribution in [2.75, 3.05) is 26.0 Å². The van der Waals surface area contributed by atoms with Gasteiger partial charge in [0.2, 0.25) is 0 Å². The number of halogens is 1. The van der Waals surface area contributed by atoms with Crippen LogP contribution in [-0.2, 0) is 9.84 Å². The van der Waals surface area contributed by atoms with Gasteiger partial charge in [0.1, 0.15) is 12.4 Å². The molecule has 0 spiro atoms.